The number of aryl methyl sites for hydroxylation is 1. The van der Waals surface area contributed by atoms with Gasteiger partial charge in [-0.1, -0.05) is 6.07 Å². The third-order valence-electron chi connectivity index (χ3n) is 3.18. The lowest BCUT2D eigenvalue weighted by molar-refractivity contribution is 0.0951. The van der Waals surface area contributed by atoms with Crippen LogP contribution in [0.2, 0.25) is 0 Å². The Kier molecular flexibility index (Phi) is 3.51. The van der Waals surface area contributed by atoms with Gasteiger partial charge < -0.3 is 9.88 Å². The van der Waals surface area contributed by atoms with Crippen molar-refractivity contribution < 1.29 is 4.79 Å². The fourth-order valence-electron chi connectivity index (χ4n) is 2.15. The number of nitrogens with zero attached hydrogens (tertiary/aromatic N) is 4. The van der Waals surface area contributed by atoms with Gasteiger partial charge in [0.05, 0.1) is 6.20 Å². The molecule has 106 valence electrons. The predicted octanol–water partition coefficient (Wildman–Crippen LogP) is 1.54. The zero-order valence-electron chi connectivity index (χ0n) is 11.6. The minimum atomic E-state index is -0.157. The smallest absolute Gasteiger partial charge is 0.256 e. The number of pyridine rings is 1. The fraction of sp³-hybridized carbons (Fsp3) is 0.133. The molecule has 6 heteroatoms. The number of aromatic nitrogens is 4. The zero-order valence-corrected chi connectivity index (χ0v) is 11.6. The molecule has 3 aromatic rings. The van der Waals surface area contributed by atoms with Crippen molar-refractivity contribution in [3.63, 3.8) is 0 Å². The normalized spacial score (nSPS) is 10.5. The summed E-state index contributed by atoms with van der Waals surface area (Å²) in [6.07, 6.45) is 8.78. The molecule has 0 aliphatic carbocycles. The second-order valence-electron chi connectivity index (χ2n) is 4.64. The lowest BCUT2D eigenvalue weighted by atomic mass is 10.2. The predicted molar refractivity (Wildman–Crippen MR) is 77.9 cm³/mol. The van der Waals surface area contributed by atoms with Gasteiger partial charge in [0.15, 0.2) is 0 Å². The molecule has 0 atom stereocenters. The maximum atomic E-state index is 12.3. The largest absolute Gasteiger partial charge is 0.348 e. The van der Waals surface area contributed by atoms with E-state index in [-0.39, 0.29) is 5.91 Å². The van der Waals surface area contributed by atoms with Crippen LogP contribution in [0, 0.1) is 0 Å². The molecule has 0 aromatic carbocycles. The van der Waals surface area contributed by atoms with E-state index < -0.39 is 0 Å². The summed E-state index contributed by atoms with van der Waals surface area (Å²) >= 11 is 0. The maximum Gasteiger partial charge on any atom is 0.256 e. The van der Waals surface area contributed by atoms with Crippen LogP contribution in [0.15, 0.2) is 55.2 Å². The molecule has 0 radical (unpaired) electrons. The van der Waals surface area contributed by atoms with Crippen molar-refractivity contribution in [3.05, 3.63) is 66.4 Å². The average Bonchev–Trinajstić information content (AvgIpc) is 3.15. The van der Waals surface area contributed by atoms with Gasteiger partial charge in [0, 0.05) is 38.4 Å². The Labute approximate surface area is 122 Å². The van der Waals surface area contributed by atoms with Gasteiger partial charge in [-0.3, -0.25) is 14.5 Å². The molecule has 0 unspecified atom stereocenters. The van der Waals surface area contributed by atoms with Crippen molar-refractivity contribution in [1.82, 2.24) is 24.6 Å². The number of carbonyl (C=O) groups is 1. The van der Waals surface area contributed by atoms with Crippen LogP contribution in [0.1, 0.15) is 15.9 Å². The fourth-order valence-corrected chi connectivity index (χ4v) is 2.15. The number of hydrogen-bond donors (Lipinski definition) is 1. The van der Waals surface area contributed by atoms with Gasteiger partial charge in [0.25, 0.3) is 5.91 Å². The summed E-state index contributed by atoms with van der Waals surface area (Å²) in [5.41, 5.74) is 1.50. The highest BCUT2D eigenvalue weighted by Gasteiger charge is 2.16. The molecule has 0 fully saturated rings. The number of hydrogen-bond acceptors (Lipinski definition) is 3. The summed E-state index contributed by atoms with van der Waals surface area (Å²) in [7, 11) is 1.81. The van der Waals surface area contributed by atoms with Gasteiger partial charge >= 0.3 is 0 Å². The molecule has 0 saturated carbocycles. The molecule has 3 heterocycles. The number of nitrogens with one attached hydrogen (secondary N) is 1. The Hall–Kier alpha value is -2.89. The molecule has 0 saturated heterocycles. The molecule has 3 rings (SSSR count). The first-order valence-corrected chi connectivity index (χ1v) is 6.58. The lowest BCUT2D eigenvalue weighted by Crippen LogP contribution is -2.24. The second-order valence-corrected chi connectivity index (χ2v) is 4.64. The van der Waals surface area contributed by atoms with Crippen LogP contribution in [-0.2, 0) is 13.6 Å². The third kappa shape index (κ3) is 2.69. The standard InChI is InChI=1S/C15H15N5O/c1-19-15(20-7-2-3-8-20)13(11-18-19)14(21)17-10-12-5-4-6-16-9-12/h2-9,11H,10H2,1H3,(H,17,21). The van der Waals surface area contributed by atoms with E-state index in [1.54, 1.807) is 23.3 Å². The minimum absolute atomic E-state index is 0.157. The number of carbonyl (C=O) groups excluding carboxylic acids is 1. The van der Waals surface area contributed by atoms with Crippen molar-refractivity contribution in [1.29, 1.82) is 0 Å². The highest BCUT2D eigenvalue weighted by molar-refractivity contribution is 5.97. The van der Waals surface area contributed by atoms with E-state index in [0.717, 1.165) is 11.4 Å². The SMILES string of the molecule is Cn1ncc(C(=O)NCc2cccnc2)c1-n1cccc1. The van der Waals surface area contributed by atoms with E-state index in [2.05, 4.69) is 15.4 Å². The summed E-state index contributed by atoms with van der Waals surface area (Å²) in [4.78, 5) is 16.4. The average molecular weight is 281 g/mol. The molecule has 1 N–H and O–H groups in total. The highest BCUT2D eigenvalue weighted by Crippen LogP contribution is 2.13. The molecular formula is C15H15N5O. The second kappa shape index (κ2) is 5.62. The summed E-state index contributed by atoms with van der Waals surface area (Å²) in [5.74, 6) is 0.583. The highest BCUT2D eigenvalue weighted by atomic mass is 16.1. The molecule has 0 spiro atoms. The van der Waals surface area contributed by atoms with Gasteiger partial charge in [0.1, 0.15) is 11.4 Å². The molecule has 21 heavy (non-hydrogen) atoms. The van der Waals surface area contributed by atoms with Crippen molar-refractivity contribution in [2.75, 3.05) is 0 Å². The van der Waals surface area contributed by atoms with E-state index >= 15 is 0 Å². The maximum absolute atomic E-state index is 12.3. The molecular weight excluding hydrogens is 266 g/mol. The van der Waals surface area contributed by atoms with Crippen molar-refractivity contribution in [2.45, 2.75) is 6.54 Å². The van der Waals surface area contributed by atoms with Crippen LogP contribution in [0.3, 0.4) is 0 Å². The third-order valence-corrected chi connectivity index (χ3v) is 3.18. The first-order valence-electron chi connectivity index (χ1n) is 6.58. The first-order chi connectivity index (χ1) is 10.3. The summed E-state index contributed by atoms with van der Waals surface area (Å²) in [6, 6.07) is 7.58. The molecule has 0 aliphatic rings. The first kappa shape index (κ1) is 13.1. The number of amides is 1. The molecule has 0 bridgehead atoms. The van der Waals surface area contributed by atoms with Gasteiger partial charge in [0.2, 0.25) is 0 Å². The molecule has 3 aromatic heterocycles. The Morgan fingerprint density at radius 3 is 2.76 bits per heavy atom. The van der Waals surface area contributed by atoms with Crippen molar-refractivity contribution in [2.24, 2.45) is 7.05 Å². The topological polar surface area (TPSA) is 64.7 Å². The van der Waals surface area contributed by atoms with Crippen LogP contribution in [-0.4, -0.2) is 25.2 Å². The zero-order chi connectivity index (χ0) is 14.7. The van der Waals surface area contributed by atoms with Crippen LogP contribution in [0.5, 0.6) is 0 Å². The monoisotopic (exact) mass is 281 g/mol. The minimum Gasteiger partial charge on any atom is -0.348 e. The Bertz CT molecular complexity index is 731. The lowest BCUT2D eigenvalue weighted by Gasteiger charge is -2.08. The summed E-state index contributed by atoms with van der Waals surface area (Å²) < 4.78 is 3.55. The van der Waals surface area contributed by atoms with E-state index in [9.17, 15) is 4.79 Å². The van der Waals surface area contributed by atoms with Gasteiger partial charge in [-0.15, -0.1) is 0 Å². The van der Waals surface area contributed by atoms with Crippen molar-refractivity contribution >= 4 is 5.91 Å². The molecule has 1 amide bonds. The van der Waals surface area contributed by atoms with E-state index in [1.165, 1.54) is 0 Å². The van der Waals surface area contributed by atoms with E-state index in [4.69, 9.17) is 0 Å². The molecule has 0 aliphatic heterocycles. The Balaban J connectivity index is 1.80. The van der Waals surface area contributed by atoms with Gasteiger partial charge in [-0.05, 0) is 23.8 Å². The summed E-state index contributed by atoms with van der Waals surface area (Å²) in [6.45, 7) is 0.437. The van der Waals surface area contributed by atoms with Crippen LogP contribution in [0.4, 0.5) is 0 Å². The van der Waals surface area contributed by atoms with E-state index in [1.807, 2.05) is 48.3 Å². The van der Waals surface area contributed by atoms with Crippen molar-refractivity contribution in [3.8, 4) is 5.82 Å². The van der Waals surface area contributed by atoms with Gasteiger partial charge in [-0.25, -0.2) is 0 Å². The quantitative estimate of drug-likeness (QED) is 0.789. The van der Waals surface area contributed by atoms with Gasteiger partial charge in [-0.2, -0.15) is 5.10 Å². The van der Waals surface area contributed by atoms with E-state index in [0.29, 0.717) is 12.1 Å². The molecule has 6 nitrogen and oxygen atoms in total. The van der Waals surface area contributed by atoms with Crippen LogP contribution >= 0.6 is 0 Å². The van der Waals surface area contributed by atoms with Crippen LogP contribution in [0.25, 0.3) is 5.82 Å². The Morgan fingerprint density at radius 1 is 1.24 bits per heavy atom. The Morgan fingerprint density at radius 2 is 2.05 bits per heavy atom. The number of rotatable bonds is 4. The summed E-state index contributed by atoms with van der Waals surface area (Å²) in [5, 5.41) is 7.06. The van der Waals surface area contributed by atoms with Crippen LogP contribution < -0.4 is 5.32 Å².